The maximum atomic E-state index is 12.2. The van der Waals surface area contributed by atoms with Crippen molar-refractivity contribution in [1.29, 1.82) is 0 Å². The summed E-state index contributed by atoms with van der Waals surface area (Å²) in [6.45, 7) is 9.71. The zero-order valence-electron chi connectivity index (χ0n) is 11.5. The normalized spacial score (nSPS) is 10.9. The van der Waals surface area contributed by atoms with Gasteiger partial charge in [-0.2, -0.15) is 0 Å². The molecule has 0 saturated carbocycles. The van der Waals surface area contributed by atoms with Crippen molar-refractivity contribution in [1.82, 2.24) is 4.98 Å². The van der Waals surface area contributed by atoms with E-state index < -0.39 is 5.60 Å². The van der Waals surface area contributed by atoms with Gasteiger partial charge in [0, 0.05) is 12.7 Å². The molecule has 1 rings (SSSR count). The van der Waals surface area contributed by atoms with Crippen molar-refractivity contribution < 1.29 is 9.53 Å². The Hall–Kier alpha value is -1.36. The van der Waals surface area contributed by atoms with Crippen LogP contribution >= 0.6 is 15.9 Å². The minimum Gasteiger partial charge on any atom is -0.443 e. The van der Waals surface area contributed by atoms with E-state index in [9.17, 15) is 4.79 Å². The average molecular weight is 327 g/mol. The third kappa shape index (κ3) is 5.03. The van der Waals surface area contributed by atoms with Crippen LogP contribution in [-0.2, 0) is 4.74 Å². The lowest BCUT2D eigenvalue weighted by Crippen LogP contribution is -2.37. The second-order valence-corrected chi connectivity index (χ2v) is 5.77. The van der Waals surface area contributed by atoms with Gasteiger partial charge in [0.2, 0.25) is 0 Å². The summed E-state index contributed by atoms with van der Waals surface area (Å²) in [5.74, 6) is 0. The Bertz CT molecular complexity index is 455. The Balaban J connectivity index is 2.98. The fourth-order valence-electron chi connectivity index (χ4n) is 1.43. The fraction of sp³-hybridized carbons (Fsp3) is 0.429. The SMILES string of the molecule is C=CCCN(C(=O)OC(C)(C)C)c1cccnc1Br. The van der Waals surface area contributed by atoms with Crippen LogP contribution in [0.15, 0.2) is 35.6 Å². The Kier molecular flexibility index (Phi) is 5.54. The quantitative estimate of drug-likeness (QED) is 0.616. The number of carbonyl (C=O) groups excluding carboxylic acids is 1. The zero-order chi connectivity index (χ0) is 14.5. The lowest BCUT2D eigenvalue weighted by atomic mass is 10.2. The summed E-state index contributed by atoms with van der Waals surface area (Å²) in [7, 11) is 0. The summed E-state index contributed by atoms with van der Waals surface area (Å²) in [4.78, 5) is 17.9. The summed E-state index contributed by atoms with van der Waals surface area (Å²) in [5, 5.41) is 0. The lowest BCUT2D eigenvalue weighted by molar-refractivity contribution is 0.0580. The number of amides is 1. The van der Waals surface area contributed by atoms with E-state index in [0.29, 0.717) is 23.3 Å². The van der Waals surface area contributed by atoms with Gasteiger partial charge >= 0.3 is 6.09 Å². The van der Waals surface area contributed by atoms with E-state index in [1.807, 2.05) is 26.8 Å². The third-order valence-corrected chi connectivity index (χ3v) is 2.81. The number of hydrogen-bond donors (Lipinski definition) is 0. The van der Waals surface area contributed by atoms with Crippen molar-refractivity contribution in [3.05, 3.63) is 35.6 Å². The van der Waals surface area contributed by atoms with Crippen molar-refractivity contribution in [3.8, 4) is 0 Å². The van der Waals surface area contributed by atoms with Crippen LogP contribution in [-0.4, -0.2) is 23.2 Å². The second kappa shape index (κ2) is 6.70. The number of ether oxygens (including phenoxy) is 1. The molecular formula is C14H19BrN2O2. The van der Waals surface area contributed by atoms with Gasteiger partial charge in [-0.3, -0.25) is 4.90 Å². The largest absolute Gasteiger partial charge is 0.443 e. The summed E-state index contributed by atoms with van der Waals surface area (Å²) < 4.78 is 6.03. The minimum absolute atomic E-state index is 0.386. The molecule has 0 aliphatic carbocycles. The van der Waals surface area contributed by atoms with E-state index in [1.54, 1.807) is 23.2 Å². The minimum atomic E-state index is -0.530. The molecule has 0 aromatic carbocycles. The Morgan fingerprint density at radius 3 is 2.79 bits per heavy atom. The van der Waals surface area contributed by atoms with E-state index in [1.165, 1.54) is 0 Å². The van der Waals surface area contributed by atoms with Crippen LogP contribution in [0.1, 0.15) is 27.2 Å². The van der Waals surface area contributed by atoms with Crippen LogP contribution in [0.5, 0.6) is 0 Å². The lowest BCUT2D eigenvalue weighted by Gasteiger charge is -2.27. The number of anilines is 1. The zero-order valence-corrected chi connectivity index (χ0v) is 13.1. The Morgan fingerprint density at radius 2 is 2.26 bits per heavy atom. The van der Waals surface area contributed by atoms with Gasteiger partial charge in [-0.05, 0) is 55.3 Å². The summed E-state index contributed by atoms with van der Waals surface area (Å²) in [5.41, 5.74) is 0.164. The first-order valence-electron chi connectivity index (χ1n) is 6.07. The standard InChI is InChI=1S/C14H19BrN2O2/c1-5-6-10-17(13(18)19-14(2,3)4)11-8-7-9-16-12(11)15/h5,7-9H,1,6,10H2,2-4H3. The van der Waals surface area contributed by atoms with Gasteiger partial charge in [-0.1, -0.05) is 6.08 Å². The maximum absolute atomic E-state index is 12.2. The molecule has 1 aromatic rings. The molecule has 4 nitrogen and oxygen atoms in total. The Labute approximate surface area is 122 Å². The molecule has 0 atom stereocenters. The third-order valence-electron chi connectivity index (χ3n) is 2.20. The second-order valence-electron chi connectivity index (χ2n) is 5.02. The van der Waals surface area contributed by atoms with E-state index in [-0.39, 0.29) is 6.09 Å². The van der Waals surface area contributed by atoms with Crippen LogP contribution < -0.4 is 4.90 Å². The highest BCUT2D eigenvalue weighted by Crippen LogP contribution is 2.25. The molecule has 0 aliphatic heterocycles. The summed E-state index contributed by atoms with van der Waals surface area (Å²) >= 11 is 3.35. The molecule has 0 unspecified atom stereocenters. The molecule has 0 fully saturated rings. The van der Waals surface area contributed by atoms with Gasteiger partial charge in [-0.15, -0.1) is 6.58 Å². The van der Waals surface area contributed by atoms with E-state index in [0.717, 1.165) is 0 Å². The molecular weight excluding hydrogens is 308 g/mol. The number of nitrogens with zero attached hydrogens (tertiary/aromatic N) is 2. The molecule has 1 heterocycles. The first kappa shape index (κ1) is 15.7. The van der Waals surface area contributed by atoms with Crippen molar-refractivity contribution in [2.24, 2.45) is 0 Å². The van der Waals surface area contributed by atoms with Crippen molar-refractivity contribution in [2.45, 2.75) is 32.8 Å². The van der Waals surface area contributed by atoms with Crippen LogP contribution in [0, 0.1) is 0 Å². The van der Waals surface area contributed by atoms with Crippen molar-refractivity contribution in [3.63, 3.8) is 0 Å². The number of hydrogen-bond acceptors (Lipinski definition) is 3. The number of rotatable bonds is 4. The van der Waals surface area contributed by atoms with Gasteiger partial charge in [0.05, 0.1) is 5.69 Å². The number of aromatic nitrogens is 1. The molecule has 104 valence electrons. The monoisotopic (exact) mass is 326 g/mol. The molecule has 1 aromatic heterocycles. The highest BCUT2D eigenvalue weighted by atomic mass is 79.9. The van der Waals surface area contributed by atoms with E-state index in [2.05, 4.69) is 27.5 Å². The number of halogens is 1. The molecule has 19 heavy (non-hydrogen) atoms. The predicted octanol–water partition coefficient (Wildman–Crippen LogP) is 4.16. The first-order chi connectivity index (χ1) is 8.85. The van der Waals surface area contributed by atoms with Gasteiger partial charge in [0.15, 0.2) is 0 Å². The van der Waals surface area contributed by atoms with E-state index >= 15 is 0 Å². The first-order valence-corrected chi connectivity index (χ1v) is 6.86. The maximum Gasteiger partial charge on any atom is 0.414 e. The van der Waals surface area contributed by atoms with Crippen molar-refractivity contribution >= 4 is 27.7 Å². The van der Waals surface area contributed by atoms with Gasteiger partial charge in [0.1, 0.15) is 10.2 Å². The van der Waals surface area contributed by atoms with Crippen LogP contribution in [0.4, 0.5) is 10.5 Å². The van der Waals surface area contributed by atoms with Crippen LogP contribution in [0.2, 0.25) is 0 Å². The molecule has 0 saturated heterocycles. The molecule has 1 amide bonds. The molecule has 0 N–H and O–H groups in total. The molecule has 0 bridgehead atoms. The number of carbonyl (C=O) groups is 1. The highest BCUT2D eigenvalue weighted by Gasteiger charge is 2.24. The average Bonchev–Trinajstić information content (AvgIpc) is 2.29. The van der Waals surface area contributed by atoms with Crippen LogP contribution in [0.25, 0.3) is 0 Å². The molecule has 0 spiro atoms. The predicted molar refractivity (Wildman–Crippen MR) is 80.3 cm³/mol. The van der Waals surface area contributed by atoms with Gasteiger partial charge < -0.3 is 4.74 Å². The summed E-state index contributed by atoms with van der Waals surface area (Å²) in [6, 6.07) is 3.61. The van der Waals surface area contributed by atoms with E-state index in [4.69, 9.17) is 4.74 Å². The molecule has 0 radical (unpaired) electrons. The topological polar surface area (TPSA) is 42.4 Å². The smallest absolute Gasteiger partial charge is 0.414 e. The highest BCUT2D eigenvalue weighted by molar-refractivity contribution is 9.10. The fourth-order valence-corrected chi connectivity index (χ4v) is 1.89. The van der Waals surface area contributed by atoms with Gasteiger partial charge in [-0.25, -0.2) is 9.78 Å². The Morgan fingerprint density at radius 1 is 1.58 bits per heavy atom. The van der Waals surface area contributed by atoms with Crippen molar-refractivity contribution in [2.75, 3.05) is 11.4 Å². The van der Waals surface area contributed by atoms with Gasteiger partial charge in [0.25, 0.3) is 0 Å². The molecule has 0 aliphatic rings. The van der Waals surface area contributed by atoms with Crippen LogP contribution in [0.3, 0.4) is 0 Å². The number of pyridine rings is 1. The molecule has 5 heteroatoms. The summed E-state index contributed by atoms with van der Waals surface area (Å²) in [6.07, 6.45) is 3.72.